The van der Waals surface area contributed by atoms with Crippen molar-refractivity contribution in [3.05, 3.63) is 48.7 Å². The van der Waals surface area contributed by atoms with E-state index in [0.717, 1.165) is 35.7 Å². The van der Waals surface area contributed by atoms with E-state index in [2.05, 4.69) is 40.0 Å². The number of fused-ring (bicyclic) bond motifs is 1. The Hall–Kier alpha value is -3.73. The maximum Gasteiger partial charge on any atom is 0.128 e. The normalized spacial score (nSPS) is 14.0. The average Bonchev–Trinajstić information content (AvgIpc) is 3.53. The lowest BCUT2D eigenvalue weighted by atomic mass is 10.1. The Kier molecular flexibility index (Phi) is 4.43. The molecule has 1 aliphatic rings. The van der Waals surface area contributed by atoms with Gasteiger partial charge in [-0.15, -0.1) is 0 Å². The highest BCUT2D eigenvalue weighted by Gasteiger charge is 2.18. The highest BCUT2D eigenvalue weighted by atomic mass is 15.3. The van der Waals surface area contributed by atoms with E-state index in [1.165, 1.54) is 12.8 Å². The number of pyridine rings is 1. The summed E-state index contributed by atoms with van der Waals surface area (Å²) in [6.07, 6.45) is 11.5. The van der Waals surface area contributed by atoms with Crippen LogP contribution in [-0.2, 0) is 0 Å². The minimum atomic E-state index is 0.263. The van der Waals surface area contributed by atoms with Gasteiger partial charge in [-0.25, -0.2) is 14.5 Å². The van der Waals surface area contributed by atoms with Gasteiger partial charge in [-0.1, -0.05) is 0 Å². The molecule has 0 aliphatic carbocycles. The van der Waals surface area contributed by atoms with E-state index < -0.39 is 0 Å². The Morgan fingerprint density at radius 2 is 1.83 bits per heavy atom. The summed E-state index contributed by atoms with van der Waals surface area (Å²) in [4.78, 5) is 11.9. The Labute approximate surface area is 174 Å². The summed E-state index contributed by atoms with van der Waals surface area (Å²) in [6.45, 7) is 6.26. The molecule has 0 bridgehead atoms. The molecule has 8 heteroatoms. The molecule has 0 amide bonds. The van der Waals surface area contributed by atoms with Crippen LogP contribution in [0.5, 0.6) is 0 Å². The predicted molar refractivity (Wildman–Crippen MR) is 114 cm³/mol. The van der Waals surface area contributed by atoms with Crippen LogP contribution >= 0.6 is 0 Å². The first-order chi connectivity index (χ1) is 14.6. The molecule has 0 radical (unpaired) electrons. The van der Waals surface area contributed by atoms with Gasteiger partial charge >= 0.3 is 0 Å². The summed E-state index contributed by atoms with van der Waals surface area (Å²) in [5, 5.41) is 18.4. The van der Waals surface area contributed by atoms with Crippen LogP contribution in [-0.4, -0.2) is 42.5 Å². The molecular weight excluding hydrogens is 376 g/mol. The summed E-state index contributed by atoms with van der Waals surface area (Å²) >= 11 is 0. The first-order valence-electron chi connectivity index (χ1n) is 10.2. The Morgan fingerprint density at radius 1 is 1.00 bits per heavy atom. The molecule has 1 aliphatic heterocycles. The molecular formula is C22H22N8. The third kappa shape index (κ3) is 3.08. The Bertz CT molecular complexity index is 1240. The highest BCUT2D eigenvalue weighted by molar-refractivity contribution is 5.83. The van der Waals surface area contributed by atoms with Crippen molar-refractivity contribution >= 4 is 11.3 Å². The lowest BCUT2D eigenvalue weighted by Gasteiger charge is -2.16. The van der Waals surface area contributed by atoms with Crippen LogP contribution in [0.2, 0.25) is 0 Å². The van der Waals surface area contributed by atoms with E-state index in [1.54, 1.807) is 16.9 Å². The second kappa shape index (κ2) is 7.26. The van der Waals surface area contributed by atoms with E-state index in [9.17, 15) is 5.26 Å². The zero-order valence-electron chi connectivity index (χ0n) is 17.0. The second-order valence-corrected chi connectivity index (χ2v) is 7.84. The predicted octanol–water partition coefficient (Wildman–Crippen LogP) is 3.71. The van der Waals surface area contributed by atoms with Gasteiger partial charge < -0.3 is 4.90 Å². The molecule has 0 spiro atoms. The molecule has 0 saturated carbocycles. The number of nitriles is 1. The Morgan fingerprint density at radius 3 is 2.50 bits per heavy atom. The van der Waals surface area contributed by atoms with Crippen molar-refractivity contribution in [1.29, 1.82) is 5.26 Å². The summed E-state index contributed by atoms with van der Waals surface area (Å²) < 4.78 is 3.62. The molecule has 0 N–H and O–H groups in total. The Balaban J connectivity index is 1.63. The average molecular weight is 398 g/mol. The number of hydrogen-bond acceptors (Lipinski definition) is 6. The number of rotatable bonds is 4. The fourth-order valence-corrected chi connectivity index (χ4v) is 3.85. The van der Waals surface area contributed by atoms with Crippen molar-refractivity contribution in [3.8, 4) is 28.6 Å². The minimum Gasteiger partial charge on any atom is -0.357 e. The smallest absolute Gasteiger partial charge is 0.128 e. The third-order valence-corrected chi connectivity index (χ3v) is 5.49. The molecule has 4 aromatic rings. The molecule has 150 valence electrons. The van der Waals surface area contributed by atoms with E-state index in [1.807, 2.05) is 35.4 Å². The molecule has 1 fully saturated rings. The second-order valence-electron chi connectivity index (χ2n) is 7.84. The van der Waals surface area contributed by atoms with Crippen LogP contribution in [0.1, 0.15) is 38.3 Å². The molecule has 8 nitrogen and oxygen atoms in total. The maximum atomic E-state index is 9.57. The highest BCUT2D eigenvalue weighted by Crippen LogP contribution is 2.30. The fourth-order valence-electron chi connectivity index (χ4n) is 3.85. The van der Waals surface area contributed by atoms with Crippen molar-refractivity contribution in [2.75, 3.05) is 18.0 Å². The van der Waals surface area contributed by atoms with Gasteiger partial charge in [0, 0.05) is 42.7 Å². The lowest BCUT2D eigenvalue weighted by Crippen LogP contribution is -2.18. The molecule has 0 aromatic carbocycles. The molecule has 0 unspecified atom stereocenters. The van der Waals surface area contributed by atoms with Crippen molar-refractivity contribution < 1.29 is 0 Å². The molecule has 5 rings (SSSR count). The zero-order chi connectivity index (χ0) is 20.7. The van der Waals surface area contributed by atoms with Crippen LogP contribution in [0, 0.1) is 11.3 Å². The molecule has 1 saturated heterocycles. The summed E-state index contributed by atoms with van der Waals surface area (Å²) in [7, 11) is 0. The van der Waals surface area contributed by atoms with E-state index in [0.29, 0.717) is 16.8 Å². The topological polar surface area (TPSA) is 87.9 Å². The minimum absolute atomic E-state index is 0.263. The molecule has 4 aromatic heterocycles. The van der Waals surface area contributed by atoms with Gasteiger partial charge in [-0.2, -0.15) is 15.5 Å². The van der Waals surface area contributed by atoms with E-state index in [4.69, 9.17) is 4.98 Å². The van der Waals surface area contributed by atoms with Crippen molar-refractivity contribution in [1.82, 2.24) is 29.4 Å². The van der Waals surface area contributed by atoms with Crippen LogP contribution in [0.3, 0.4) is 0 Å². The van der Waals surface area contributed by atoms with Gasteiger partial charge in [-0.05, 0) is 38.8 Å². The zero-order valence-corrected chi connectivity index (χ0v) is 17.0. The van der Waals surface area contributed by atoms with E-state index >= 15 is 0 Å². The first kappa shape index (κ1) is 18.3. The van der Waals surface area contributed by atoms with Crippen LogP contribution < -0.4 is 4.90 Å². The van der Waals surface area contributed by atoms with Gasteiger partial charge in [0.05, 0.1) is 30.0 Å². The monoisotopic (exact) mass is 398 g/mol. The van der Waals surface area contributed by atoms with Crippen molar-refractivity contribution in [2.24, 2.45) is 0 Å². The van der Waals surface area contributed by atoms with Gasteiger partial charge in [0.2, 0.25) is 0 Å². The number of nitrogens with zero attached hydrogens (tertiary/aromatic N) is 8. The van der Waals surface area contributed by atoms with Gasteiger partial charge in [0.15, 0.2) is 0 Å². The summed E-state index contributed by atoms with van der Waals surface area (Å²) in [5.74, 6) is 0.982. The number of anilines is 1. The van der Waals surface area contributed by atoms with Gasteiger partial charge in [-0.3, -0.25) is 4.68 Å². The quantitative estimate of drug-likeness (QED) is 0.521. The maximum absolute atomic E-state index is 9.57. The SMILES string of the molecule is CC(C)n1cc(-c2cn3ncc(C#N)c3c(-c3ccc(N4CCCC4)nc3)n2)cn1. The standard InChI is InChI=1S/C22H22N8/c1-15(2)29-13-18(12-25-29)19-14-30-22(17(9-23)11-26-30)21(27-19)16-5-6-20(24-10-16)28-7-3-4-8-28/h5-6,10-15H,3-4,7-8H2,1-2H3. The van der Waals surface area contributed by atoms with Crippen LogP contribution in [0.25, 0.3) is 28.0 Å². The first-order valence-corrected chi connectivity index (χ1v) is 10.2. The van der Waals surface area contributed by atoms with Gasteiger partial charge in [0.1, 0.15) is 23.0 Å². The van der Waals surface area contributed by atoms with E-state index in [-0.39, 0.29) is 6.04 Å². The largest absolute Gasteiger partial charge is 0.357 e. The number of hydrogen-bond donors (Lipinski definition) is 0. The third-order valence-electron chi connectivity index (χ3n) is 5.49. The molecule has 0 atom stereocenters. The molecule has 30 heavy (non-hydrogen) atoms. The van der Waals surface area contributed by atoms with Crippen molar-refractivity contribution in [3.63, 3.8) is 0 Å². The van der Waals surface area contributed by atoms with Gasteiger partial charge in [0.25, 0.3) is 0 Å². The molecule has 5 heterocycles. The fraction of sp³-hybridized carbons (Fsp3) is 0.318. The lowest BCUT2D eigenvalue weighted by molar-refractivity contribution is 0.532. The van der Waals surface area contributed by atoms with Crippen molar-refractivity contribution in [2.45, 2.75) is 32.7 Å². The summed E-state index contributed by atoms with van der Waals surface area (Å²) in [5.41, 5.74) is 4.39. The number of aromatic nitrogens is 6. The van der Waals surface area contributed by atoms with Crippen LogP contribution in [0.15, 0.2) is 43.1 Å². The summed E-state index contributed by atoms with van der Waals surface area (Å²) in [6, 6.07) is 6.55. The van der Waals surface area contributed by atoms with Crippen LogP contribution in [0.4, 0.5) is 5.82 Å².